The Morgan fingerprint density at radius 3 is 2.40 bits per heavy atom. The Balaban J connectivity index is 2.38. The number of carboxylic acids is 1. The van der Waals surface area contributed by atoms with E-state index in [0.29, 0.717) is 0 Å². The van der Waals surface area contributed by atoms with E-state index in [2.05, 4.69) is 9.10 Å². The number of rotatable bonds is 4. The molecule has 6 nitrogen and oxygen atoms in total. The third kappa shape index (κ3) is 2.81. The minimum atomic E-state index is -3.82. The molecule has 0 unspecified atom stereocenters. The summed E-state index contributed by atoms with van der Waals surface area (Å²) in [5, 5.41) is 9.08. The van der Waals surface area contributed by atoms with E-state index in [4.69, 9.17) is 5.11 Å². The second-order valence-electron chi connectivity index (χ2n) is 4.20. The average molecular weight is 312 g/mol. The van der Waals surface area contributed by atoms with Crippen LogP contribution < -0.4 is 4.72 Å². The highest BCUT2D eigenvalue weighted by atomic mass is 32.2. The van der Waals surface area contributed by atoms with Crippen LogP contribution >= 0.6 is 11.5 Å². The molecule has 2 rings (SSSR count). The third-order valence-electron chi connectivity index (χ3n) is 2.63. The standard InChI is InChI=1S/C12H12N2O4S2/c1-7-3-5-9(6-4-7)20(17,18)14-11-10(12(15)16)8(2)13-19-11/h3-6,14H,1-2H3,(H,15,16). The van der Waals surface area contributed by atoms with E-state index in [0.717, 1.165) is 17.1 Å². The quantitative estimate of drug-likeness (QED) is 0.902. The Hall–Kier alpha value is -1.93. The van der Waals surface area contributed by atoms with Gasteiger partial charge in [0, 0.05) is 0 Å². The Morgan fingerprint density at radius 2 is 1.85 bits per heavy atom. The van der Waals surface area contributed by atoms with Crippen molar-refractivity contribution in [3.8, 4) is 0 Å². The van der Waals surface area contributed by atoms with Crippen LogP contribution in [0, 0.1) is 13.8 Å². The van der Waals surface area contributed by atoms with Gasteiger partial charge in [0.2, 0.25) is 0 Å². The van der Waals surface area contributed by atoms with Gasteiger partial charge < -0.3 is 5.11 Å². The summed E-state index contributed by atoms with van der Waals surface area (Å²) in [7, 11) is -3.82. The Kier molecular flexibility index (Phi) is 3.78. The van der Waals surface area contributed by atoms with Crippen molar-refractivity contribution >= 4 is 32.5 Å². The number of nitrogens with one attached hydrogen (secondary N) is 1. The van der Waals surface area contributed by atoms with Crippen molar-refractivity contribution in [3.05, 3.63) is 41.1 Å². The zero-order valence-electron chi connectivity index (χ0n) is 10.7. The lowest BCUT2D eigenvalue weighted by Gasteiger charge is -2.07. The maximum Gasteiger partial charge on any atom is 0.340 e. The largest absolute Gasteiger partial charge is 0.478 e. The van der Waals surface area contributed by atoms with Gasteiger partial charge >= 0.3 is 5.97 Å². The first-order chi connectivity index (χ1) is 9.31. The smallest absolute Gasteiger partial charge is 0.340 e. The molecule has 0 aliphatic carbocycles. The van der Waals surface area contributed by atoms with Gasteiger partial charge in [0.15, 0.2) is 0 Å². The summed E-state index contributed by atoms with van der Waals surface area (Å²) in [5.74, 6) is -1.21. The predicted octanol–water partition coefficient (Wildman–Crippen LogP) is 2.26. The molecule has 0 saturated carbocycles. The molecule has 2 N–H and O–H groups in total. The van der Waals surface area contributed by atoms with Crippen LogP contribution in [-0.4, -0.2) is 23.9 Å². The molecule has 1 heterocycles. The number of aryl methyl sites for hydroxylation is 2. The van der Waals surface area contributed by atoms with E-state index in [1.807, 2.05) is 6.92 Å². The molecule has 2 aromatic rings. The van der Waals surface area contributed by atoms with E-state index in [9.17, 15) is 13.2 Å². The molecule has 0 aliphatic rings. The first kappa shape index (κ1) is 14.5. The van der Waals surface area contributed by atoms with Crippen molar-refractivity contribution in [2.45, 2.75) is 18.7 Å². The van der Waals surface area contributed by atoms with Gasteiger partial charge in [-0.15, -0.1) is 0 Å². The third-order valence-corrected chi connectivity index (χ3v) is 4.98. The van der Waals surface area contributed by atoms with Crippen molar-refractivity contribution in [1.29, 1.82) is 0 Å². The SMILES string of the molecule is Cc1ccc(S(=O)(=O)Nc2snc(C)c2C(=O)O)cc1. The number of nitrogens with zero attached hydrogens (tertiary/aromatic N) is 1. The number of hydrogen-bond donors (Lipinski definition) is 2. The van der Waals surface area contributed by atoms with Crippen molar-refractivity contribution in [2.24, 2.45) is 0 Å². The van der Waals surface area contributed by atoms with E-state index in [1.54, 1.807) is 12.1 Å². The molecule has 0 spiro atoms. The van der Waals surface area contributed by atoms with Crippen LogP contribution in [-0.2, 0) is 10.0 Å². The number of hydrogen-bond acceptors (Lipinski definition) is 5. The first-order valence-electron chi connectivity index (χ1n) is 5.60. The number of sulfonamides is 1. The molecule has 1 aromatic carbocycles. The summed E-state index contributed by atoms with van der Waals surface area (Å²) in [6, 6.07) is 6.27. The topological polar surface area (TPSA) is 96.4 Å². The molecule has 0 aliphatic heterocycles. The number of benzene rings is 1. The van der Waals surface area contributed by atoms with Crippen LogP contribution in [0.2, 0.25) is 0 Å². The predicted molar refractivity (Wildman–Crippen MR) is 75.8 cm³/mol. The van der Waals surface area contributed by atoms with Crippen LogP contribution in [0.15, 0.2) is 29.2 Å². The van der Waals surface area contributed by atoms with Gasteiger partial charge in [-0.3, -0.25) is 4.72 Å². The molecule has 8 heteroatoms. The van der Waals surface area contributed by atoms with Gasteiger partial charge in [-0.25, -0.2) is 13.2 Å². The fourth-order valence-corrected chi connectivity index (χ4v) is 3.67. The van der Waals surface area contributed by atoms with E-state index >= 15 is 0 Å². The Bertz CT molecular complexity index is 748. The summed E-state index contributed by atoms with van der Waals surface area (Å²) in [4.78, 5) is 11.2. The summed E-state index contributed by atoms with van der Waals surface area (Å²) in [6.45, 7) is 3.36. The molecular weight excluding hydrogens is 300 g/mol. The summed E-state index contributed by atoms with van der Waals surface area (Å²) in [6.07, 6.45) is 0. The van der Waals surface area contributed by atoms with Crippen molar-refractivity contribution < 1.29 is 18.3 Å². The number of carbonyl (C=O) groups is 1. The molecule has 20 heavy (non-hydrogen) atoms. The molecular formula is C12H12N2O4S2. The fraction of sp³-hybridized carbons (Fsp3) is 0.167. The number of carboxylic acid groups (broad SMARTS) is 1. The lowest BCUT2D eigenvalue weighted by Crippen LogP contribution is -2.14. The monoisotopic (exact) mass is 312 g/mol. The maximum atomic E-state index is 12.2. The number of aromatic carboxylic acids is 1. The molecule has 0 amide bonds. The Morgan fingerprint density at radius 1 is 1.25 bits per heavy atom. The van der Waals surface area contributed by atoms with Crippen molar-refractivity contribution in [2.75, 3.05) is 4.72 Å². The van der Waals surface area contributed by atoms with Gasteiger partial charge in [-0.05, 0) is 37.5 Å². The molecule has 0 radical (unpaired) electrons. The van der Waals surface area contributed by atoms with Gasteiger partial charge in [-0.1, -0.05) is 17.7 Å². The number of anilines is 1. The molecule has 0 fully saturated rings. The van der Waals surface area contributed by atoms with Gasteiger partial charge in [0.05, 0.1) is 10.6 Å². The minimum absolute atomic E-state index is 0.00979. The van der Waals surface area contributed by atoms with Crippen LogP contribution in [0.1, 0.15) is 21.6 Å². The van der Waals surface area contributed by atoms with Gasteiger partial charge in [0.1, 0.15) is 10.6 Å². The normalized spacial score (nSPS) is 11.3. The summed E-state index contributed by atoms with van der Waals surface area (Å²) in [5.41, 5.74) is 1.10. The average Bonchev–Trinajstić information content (AvgIpc) is 2.70. The second kappa shape index (κ2) is 5.22. The molecule has 106 valence electrons. The van der Waals surface area contributed by atoms with E-state index < -0.39 is 16.0 Å². The molecule has 0 bridgehead atoms. The van der Waals surface area contributed by atoms with Crippen LogP contribution in [0.4, 0.5) is 5.00 Å². The first-order valence-corrected chi connectivity index (χ1v) is 7.86. The van der Waals surface area contributed by atoms with Crippen LogP contribution in [0.5, 0.6) is 0 Å². The number of aromatic nitrogens is 1. The van der Waals surface area contributed by atoms with Crippen LogP contribution in [0.3, 0.4) is 0 Å². The fourth-order valence-electron chi connectivity index (χ4n) is 1.59. The highest BCUT2D eigenvalue weighted by Crippen LogP contribution is 2.27. The minimum Gasteiger partial charge on any atom is -0.478 e. The molecule has 1 aromatic heterocycles. The molecule has 0 atom stereocenters. The summed E-state index contributed by atoms with van der Waals surface area (Å²) < 4.78 is 30.5. The molecule has 0 saturated heterocycles. The lowest BCUT2D eigenvalue weighted by atomic mass is 10.2. The second-order valence-corrected chi connectivity index (χ2v) is 6.65. The van der Waals surface area contributed by atoms with Crippen molar-refractivity contribution in [1.82, 2.24) is 4.37 Å². The summed E-state index contributed by atoms with van der Waals surface area (Å²) >= 11 is 0.808. The van der Waals surface area contributed by atoms with E-state index in [1.165, 1.54) is 19.1 Å². The van der Waals surface area contributed by atoms with Gasteiger partial charge in [0.25, 0.3) is 10.0 Å². The highest BCUT2D eigenvalue weighted by Gasteiger charge is 2.22. The van der Waals surface area contributed by atoms with E-state index in [-0.39, 0.29) is 21.2 Å². The lowest BCUT2D eigenvalue weighted by molar-refractivity contribution is 0.0697. The van der Waals surface area contributed by atoms with Crippen LogP contribution in [0.25, 0.3) is 0 Å². The Labute approximate surface area is 120 Å². The van der Waals surface area contributed by atoms with Gasteiger partial charge in [-0.2, -0.15) is 4.37 Å². The zero-order chi connectivity index (χ0) is 14.9. The zero-order valence-corrected chi connectivity index (χ0v) is 12.4. The highest BCUT2D eigenvalue weighted by molar-refractivity contribution is 7.93. The maximum absolute atomic E-state index is 12.2. The van der Waals surface area contributed by atoms with Crippen molar-refractivity contribution in [3.63, 3.8) is 0 Å².